The van der Waals surface area contributed by atoms with E-state index in [-0.39, 0.29) is 11.8 Å². The molecule has 8 nitrogen and oxygen atoms in total. The van der Waals surface area contributed by atoms with Gasteiger partial charge < -0.3 is 34.1 Å². The molecule has 4 atom stereocenters. The van der Waals surface area contributed by atoms with Crippen LogP contribution in [-0.4, -0.2) is 69.6 Å². The number of alkyl carbamates (subject to hydrolysis) is 1. The molecule has 8 heteroatoms. The lowest BCUT2D eigenvalue weighted by Crippen LogP contribution is -2.48. The van der Waals surface area contributed by atoms with E-state index in [1.165, 1.54) is 0 Å². The topological polar surface area (TPSA) is 95.5 Å². The Morgan fingerprint density at radius 1 is 0.929 bits per heavy atom. The van der Waals surface area contributed by atoms with Crippen molar-refractivity contribution in [3.8, 4) is 11.5 Å². The zero-order chi connectivity index (χ0) is 31.7. The van der Waals surface area contributed by atoms with Crippen LogP contribution in [0.5, 0.6) is 11.5 Å². The van der Waals surface area contributed by atoms with E-state index in [2.05, 4.69) is 46.0 Å². The smallest absolute Gasteiger partial charge is 0.407 e. The SMILES string of the molecule is CCCCOC[C@@H](C[C@H](O)[C@H](C[C@H](Cc1ccc(OC)c(OCCCOC)c1)C(C)C)NC(=O)OC(C)(C)C)C(C)C. The van der Waals surface area contributed by atoms with E-state index in [0.29, 0.717) is 56.0 Å². The Labute approximate surface area is 256 Å². The maximum absolute atomic E-state index is 12.9. The van der Waals surface area contributed by atoms with Gasteiger partial charge in [-0.25, -0.2) is 4.79 Å². The highest BCUT2D eigenvalue weighted by atomic mass is 16.6. The Hall–Kier alpha value is -2.03. The minimum Gasteiger partial charge on any atom is -0.493 e. The molecule has 0 unspecified atom stereocenters. The number of rotatable bonds is 21. The molecule has 0 fully saturated rings. The number of ether oxygens (including phenoxy) is 5. The van der Waals surface area contributed by atoms with Gasteiger partial charge in [-0.2, -0.15) is 0 Å². The fourth-order valence-electron chi connectivity index (χ4n) is 4.83. The number of carbonyl (C=O) groups is 1. The fraction of sp³-hybridized carbons (Fsp3) is 0.794. The van der Waals surface area contributed by atoms with Crippen molar-refractivity contribution in [2.45, 2.75) is 112 Å². The molecule has 0 heterocycles. The lowest BCUT2D eigenvalue weighted by molar-refractivity contribution is 0.0201. The summed E-state index contributed by atoms with van der Waals surface area (Å²) in [5, 5.41) is 14.6. The van der Waals surface area contributed by atoms with E-state index in [4.69, 9.17) is 23.7 Å². The highest BCUT2D eigenvalue weighted by molar-refractivity contribution is 5.68. The molecule has 1 amide bonds. The van der Waals surface area contributed by atoms with Gasteiger partial charge in [0.15, 0.2) is 11.5 Å². The summed E-state index contributed by atoms with van der Waals surface area (Å²) in [5.41, 5.74) is 0.485. The second-order valence-electron chi connectivity index (χ2n) is 13.1. The average Bonchev–Trinajstić information content (AvgIpc) is 2.90. The summed E-state index contributed by atoms with van der Waals surface area (Å²) >= 11 is 0. The minimum absolute atomic E-state index is 0.177. The number of hydrogen-bond donors (Lipinski definition) is 2. The minimum atomic E-state index is -0.739. The lowest BCUT2D eigenvalue weighted by Gasteiger charge is -2.33. The molecule has 42 heavy (non-hydrogen) atoms. The lowest BCUT2D eigenvalue weighted by atomic mass is 9.81. The van der Waals surface area contributed by atoms with Crippen molar-refractivity contribution in [1.82, 2.24) is 5.32 Å². The molecular formula is C34H61NO7. The van der Waals surface area contributed by atoms with E-state index < -0.39 is 23.8 Å². The van der Waals surface area contributed by atoms with Gasteiger partial charge in [0.05, 0.1) is 25.9 Å². The predicted octanol–water partition coefficient (Wildman–Crippen LogP) is 7.05. The zero-order valence-corrected chi connectivity index (χ0v) is 28.2. The van der Waals surface area contributed by atoms with Gasteiger partial charge in [0.25, 0.3) is 0 Å². The van der Waals surface area contributed by atoms with E-state index in [9.17, 15) is 9.90 Å². The van der Waals surface area contributed by atoms with Crippen LogP contribution < -0.4 is 14.8 Å². The average molecular weight is 596 g/mol. The van der Waals surface area contributed by atoms with Crippen LogP contribution in [0.2, 0.25) is 0 Å². The van der Waals surface area contributed by atoms with Crippen LogP contribution in [0.25, 0.3) is 0 Å². The molecule has 0 radical (unpaired) electrons. The molecule has 0 bridgehead atoms. The molecular weight excluding hydrogens is 534 g/mol. The Balaban J connectivity index is 3.14. The predicted molar refractivity (Wildman–Crippen MR) is 169 cm³/mol. The molecule has 1 aromatic rings. The van der Waals surface area contributed by atoms with Crippen molar-refractivity contribution in [1.29, 1.82) is 0 Å². The zero-order valence-electron chi connectivity index (χ0n) is 28.2. The third-order valence-corrected chi connectivity index (χ3v) is 7.60. The van der Waals surface area contributed by atoms with E-state index >= 15 is 0 Å². The summed E-state index contributed by atoms with van der Waals surface area (Å²) in [7, 11) is 3.32. The van der Waals surface area contributed by atoms with Gasteiger partial charge >= 0.3 is 6.09 Å². The molecule has 1 rings (SSSR count). The summed E-state index contributed by atoms with van der Waals surface area (Å²) in [4.78, 5) is 12.9. The third-order valence-electron chi connectivity index (χ3n) is 7.60. The molecule has 0 aliphatic heterocycles. The second-order valence-corrected chi connectivity index (χ2v) is 13.1. The Kier molecular flexibility index (Phi) is 18.1. The summed E-state index contributed by atoms with van der Waals surface area (Å²) in [6.45, 7) is 18.9. The quantitative estimate of drug-likeness (QED) is 0.147. The molecule has 0 saturated carbocycles. The van der Waals surface area contributed by atoms with Crippen molar-refractivity contribution in [3.05, 3.63) is 23.8 Å². The van der Waals surface area contributed by atoms with Gasteiger partial charge in [-0.3, -0.25) is 0 Å². The van der Waals surface area contributed by atoms with Gasteiger partial charge in [0.2, 0.25) is 0 Å². The van der Waals surface area contributed by atoms with Crippen LogP contribution in [0.1, 0.15) is 93.1 Å². The van der Waals surface area contributed by atoms with Gasteiger partial charge in [-0.1, -0.05) is 47.1 Å². The molecule has 0 aromatic heterocycles. The number of unbranched alkanes of at least 4 members (excludes halogenated alkanes) is 1. The van der Waals surface area contributed by atoms with Crippen LogP contribution in [0.15, 0.2) is 18.2 Å². The summed E-state index contributed by atoms with van der Waals surface area (Å²) in [5.74, 6) is 2.42. The van der Waals surface area contributed by atoms with Gasteiger partial charge in [-0.15, -0.1) is 0 Å². The maximum Gasteiger partial charge on any atom is 0.407 e. The first-order valence-corrected chi connectivity index (χ1v) is 15.8. The highest BCUT2D eigenvalue weighted by Crippen LogP contribution is 2.32. The normalized spacial score (nSPS) is 14.9. The molecule has 1 aromatic carbocycles. The summed E-state index contributed by atoms with van der Waals surface area (Å²) < 4.78 is 28.2. The van der Waals surface area contributed by atoms with Gasteiger partial charge in [0.1, 0.15) is 5.60 Å². The first-order chi connectivity index (χ1) is 19.8. The number of benzene rings is 1. The van der Waals surface area contributed by atoms with Crippen molar-refractivity contribution < 1.29 is 33.6 Å². The van der Waals surface area contributed by atoms with Crippen LogP contribution in [0.4, 0.5) is 4.79 Å². The highest BCUT2D eigenvalue weighted by Gasteiger charge is 2.31. The van der Waals surface area contributed by atoms with Crippen molar-refractivity contribution in [3.63, 3.8) is 0 Å². The molecule has 2 N–H and O–H groups in total. The Morgan fingerprint density at radius 3 is 2.19 bits per heavy atom. The number of aliphatic hydroxyl groups is 1. The van der Waals surface area contributed by atoms with Crippen molar-refractivity contribution in [2.75, 3.05) is 40.6 Å². The summed E-state index contributed by atoms with van der Waals surface area (Å²) in [6, 6.07) is 5.57. The van der Waals surface area contributed by atoms with Gasteiger partial charge in [-0.05, 0) is 87.8 Å². The molecule has 0 aliphatic rings. The number of hydrogen-bond acceptors (Lipinski definition) is 7. The number of aliphatic hydroxyl groups excluding tert-OH is 1. The van der Waals surface area contributed by atoms with E-state index in [1.807, 2.05) is 32.9 Å². The summed E-state index contributed by atoms with van der Waals surface area (Å²) in [6.07, 6.45) is 3.56. The molecule has 0 saturated heterocycles. The third kappa shape index (κ3) is 15.4. The fourth-order valence-corrected chi connectivity index (χ4v) is 4.83. The molecule has 0 aliphatic carbocycles. The van der Waals surface area contributed by atoms with Crippen LogP contribution in [-0.2, 0) is 20.6 Å². The van der Waals surface area contributed by atoms with Gasteiger partial charge in [0, 0.05) is 33.4 Å². The first kappa shape index (κ1) is 38.0. The molecule has 0 spiro atoms. The van der Waals surface area contributed by atoms with Crippen LogP contribution in [0, 0.1) is 23.7 Å². The van der Waals surface area contributed by atoms with E-state index in [0.717, 1.165) is 37.9 Å². The monoisotopic (exact) mass is 595 g/mol. The first-order valence-electron chi connectivity index (χ1n) is 15.8. The molecule has 244 valence electrons. The van der Waals surface area contributed by atoms with Crippen molar-refractivity contribution in [2.24, 2.45) is 23.7 Å². The van der Waals surface area contributed by atoms with Crippen LogP contribution >= 0.6 is 0 Å². The maximum atomic E-state index is 12.9. The van der Waals surface area contributed by atoms with Crippen LogP contribution in [0.3, 0.4) is 0 Å². The van der Waals surface area contributed by atoms with E-state index in [1.54, 1.807) is 14.2 Å². The Bertz CT molecular complexity index is 868. The largest absolute Gasteiger partial charge is 0.493 e. The second kappa shape index (κ2) is 20.0. The number of methoxy groups -OCH3 is 2. The number of carbonyl (C=O) groups excluding carboxylic acids is 1. The number of nitrogens with one attached hydrogen (secondary N) is 1. The number of amides is 1. The Morgan fingerprint density at radius 2 is 1.62 bits per heavy atom. The van der Waals surface area contributed by atoms with Crippen molar-refractivity contribution >= 4 is 6.09 Å². The standard InChI is InChI=1S/C34H61NO7/c1-11-12-17-40-23-28(25(4)5)22-30(36)29(35-33(37)42-34(6,7)8)21-27(24(2)3)19-26-14-15-31(39-10)32(20-26)41-18-13-16-38-9/h14-15,20,24-25,27-30,36H,11-13,16-19,21-23H2,1-10H3,(H,35,37)/t27-,28+,29-,30-/m0/s1.